The second-order valence-electron chi connectivity index (χ2n) is 5.44. The largest absolute Gasteiger partial charge is 0.382 e. The third-order valence-corrected chi connectivity index (χ3v) is 3.22. The Balaban J connectivity index is 2.09. The molecule has 1 aromatic carbocycles. The number of hydrogen-bond donors (Lipinski definition) is 4. The molecule has 1 aliphatic heterocycles. The van der Waals surface area contributed by atoms with Crippen molar-refractivity contribution in [2.45, 2.75) is 32.9 Å². The summed E-state index contributed by atoms with van der Waals surface area (Å²) in [5.74, 6) is -0.441. The molecular weight excluding hydrogens is 268 g/mol. The van der Waals surface area contributed by atoms with Crippen molar-refractivity contribution < 1.29 is 9.59 Å². The minimum Gasteiger partial charge on any atom is -0.382 e. The van der Waals surface area contributed by atoms with E-state index in [1.165, 1.54) is 0 Å². The SMILES string of the molecule is CC(C)NC(=O)C(C)NC(=O)c1cccc2c1NCCN2. The maximum atomic E-state index is 12.4. The van der Waals surface area contributed by atoms with Gasteiger partial charge in [-0.05, 0) is 32.9 Å². The lowest BCUT2D eigenvalue weighted by molar-refractivity contribution is -0.123. The maximum absolute atomic E-state index is 12.4. The van der Waals surface area contributed by atoms with Crippen molar-refractivity contribution in [3.8, 4) is 0 Å². The molecule has 1 heterocycles. The molecule has 1 atom stereocenters. The van der Waals surface area contributed by atoms with Crippen molar-refractivity contribution in [3.63, 3.8) is 0 Å². The number of carbonyl (C=O) groups excluding carboxylic acids is 2. The van der Waals surface area contributed by atoms with Crippen LogP contribution < -0.4 is 21.3 Å². The highest BCUT2D eigenvalue weighted by Crippen LogP contribution is 2.28. The van der Waals surface area contributed by atoms with Crippen molar-refractivity contribution in [2.24, 2.45) is 0 Å². The second kappa shape index (κ2) is 6.47. The molecule has 0 aromatic heterocycles. The Morgan fingerprint density at radius 3 is 2.52 bits per heavy atom. The first-order valence-electron chi connectivity index (χ1n) is 7.21. The van der Waals surface area contributed by atoms with E-state index in [9.17, 15) is 9.59 Å². The summed E-state index contributed by atoms with van der Waals surface area (Å²) in [6.45, 7) is 7.04. The fourth-order valence-electron chi connectivity index (χ4n) is 2.21. The lowest BCUT2D eigenvalue weighted by atomic mass is 10.1. The third kappa shape index (κ3) is 3.65. The van der Waals surface area contributed by atoms with Gasteiger partial charge in [-0.3, -0.25) is 9.59 Å². The minimum absolute atomic E-state index is 0.0483. The van der Waals surface area contributed by atoms with Gasteiger partial charge in [0.05, 0.1) is 16.9 Å². The molecule has 2 rings (SSSR count). The first kappa shape index (κ1) is 15.2. The van der Waals surface area contributed by atoms with Gasteiger partial charge in [-0.1, -0.05) is 6.07 Å². The number of fused-ring (bicyclic) bond motifs is 1. The first-order valence-corrected chi connectivity index (χ1v) is 7.21. The zero-order valence-electron chi connectivity index (χ0n) is 12.6. The van der Waals surface area contributed by atoms with Crippen LogP contribution >= 0.6 is 0 Å². The molecule has 0 aliphatic carbocycles. The van der Waals surface area contributed by atoms with Gasteiger partial charge in [0.15, 0.2) is 0 Å². The van der Waals surface area contributed by atoms with Crippen molar-refractivity contribution in [2.75, 3.05) is 23.7 Å². The van der Waals surface area contributed by atoms with Crippen molar-refractivity contribution in [1.82, 2.24) is 10.6 Å². The van der Waals surface area contributed by atoms with Crippen molar-refractivity contribution in [1.29, 1.82) is 0 Å². The molecule has 0 saturated heterocycles. The number of anilines is 2. The summed E-state index contributed by atoms with van der Waals surface area (Å²) in [5, 5.41) is 12.0. The highest BCUT2D eigenvalue weighted by atomic mass is 16.2. The van der Waals surface area contributed by atoms with E-state index in [-0.39, 0.29) is 17.9 Å². The van der Waals surface area contributed by atoms with Gasteiger partial charge in [0, 0.05) is 19.1 Å². The zero-order chi connectivity index (χ0) is 15.4. The third-order valence-electron chi connectivity index (χ3n) is 3.22. The quantitative estimate of drug-likeness (QED) is 0.671. The monoisotopic (exact) mass is 290 g/mol. The summed E-state index contributed by atoms with van der Waals surface area (Å²) in [5.41, 5.74) is 2.25. The number of amides is 2. The Bertz CT molecular complexity index is 542. The Morgan fingerprint density at radius 2 is 1.81 bits per heavy atom. The van der Waals surface area contributed by atoms with Crippen LogP contribution in [-0.4, -0.2) is 37.0 Å². The molecule has 0 spiro atoms. The van der Waals surface area contributed by atoms with Crippen LogP contribution in [0.3, 0.4) is 0 Å². The standard InChI is InChI=1S/C15H22N4O2/c1-9(2)18-14(20)10(3)19-15(21)11-5-4-6-12-13(11)17-8-7-16-12/h4-6,9-10,16-17H,7-8H2,1-3H3,(H,18,20)(H,19,21). The van der Waals surface area contributed by atoms with E-state index in [0.29, 0.717) is 5.56 Å². The molecule has 1 aliphatic rings. The first-order chi connectivity index (χ1) is 9.99. The smallest absolute Gasteiger partial charge is 0.254 e. The van der Waals surface area contributed by atoms with E-state index in [4.69, 9.17) is 0 Å². The highest BCUT2D eigenvalue weighted by molar-refractivity contribution is 6.04. The number of hydrogen-bond acceptors (Lipinski definition) is 4. The van der Waals surface area contributed by atoms with Crippen LogP contribution in [0.25, 0.3) is 0 Å². The van der Waals surface area contributed by atoms with Gasteiger partial charge in [0.1, 0.15) is 6.04 Å². The molecular formula is C15H22N4O2. The van der Waals surface area contributed by atoms with Crippen LogP contribution in [0.2, 0.25) is 0 Å². The van der Waals surface area contributed by atoms with Crippen molar-refractivity contribution >= 4 is 23.2 Å². The molecule has 0 radical (unpaired) electrons. The molecule has 6 nitrogen and oxygen atoms in total. The molecule has 0 saturated carbocycles. The van der Waals surface area contributed by atoms with Crippen LogP contribution in [-0.2, 0) is 4.79 Å². The van der Waals surface area contributed by atoms with Crippen LogP contribution in [0.1, 0.15) is 31.1 Å². The van der Waals surface area contributed by atoms with Crippen LogP contribution in [0.4, 0.5) is 11.4 Å². The van der Waals surface area contributed by atoms with Gasteiger partial charge >= 0.3 is 0 Å². The molecule has 6 heteroatoms. The van der Waals surface area contributed by atoms with Gasteiger partial charge < -0.3 is 21.3 Å². The van der Waals surface area contributed by atoms with Gasteiger partial charge in [0.2, 0.25) is 5.91 Å². The fourth-order valence-corrected chi connectivity index (χ4v) is 2.21. The topological polar surface area (TPSA) is 82.3 Å². The van der Waals surface area contributed by atoms with E-state index in [0.717, 1.165) is 24.5 Å². The number of nitrogens with one attached hydrogen (secondary N) is 4. The Labute approximate surface area is 124 Å². The molecule has 0 fully saturated rings. The Hall–Kier alpha value is -2.24. The predicted molar refractivity (Wildman–Crippen MR) is 83.6 cm³/mol. The highest BCUT2D eigenvalue weighted by Gasteiger charge is 2.21. The Kier molecular flexibility index (Phi) is 4.67. The second-order valence-corrected chi connectivity index (χ2v) is 5.44. The molecule has 2 amide bonds. The minimum atomic E-state index is -0.577. The summed E-state index contributed by atoms with van der Waals surface area (Å²) in [6.07, 6.45) is 0. The normalized spacial score (nSPS) is 14.5. The summed E-state index contributed by atoms with van der Waals surface area (Å²) in [7, 11) is 0. The van der Waals surface area contributed by atoms with E-state index < -0.39 is 6.04 Å². The zero-order valence-corrected chi connectivity index (χ0v) is 12.6. The molecule has 1 unspecified atom stereocenters. The van der Waals surface area contributed by atoms with E-state index in [1.807, 2.05) is 26.0 Å². The lowest BCUT2D eigenvalue weighted by Crippen LogP contribution is -2.47. The Morgan fingerprint density at radius 1 is 1.10 bits per heavy atom. The van der Waals surface area contributed by atoms with Crippen LogP contribution in [0, 0.1) is 0 Å². The van der Waals surface area contributed by atoms with E-state index in [1.54, 1.807) is 13.0 Å². The van der Waals surface area contributed by atoms with Gasteiger partial charge in [-0.25, -0.2) is 0 Å². The maximum Gasteiger partial charge on any atom is 0.254 e. The van der Waals surface area contributed by atoms with Gasteiger partial charge in [-0.15, -0.1) is 0 Å². The van der Waals surface area contributed by atoms with E-state index >= 15 is 0 Å². The van der Waals surface area contributed by atoms with E-state index in [2.05, 4.69) is 21.3 Å². The molecule has 4 N–H and O–H groups in total. The predicted octanol–water partition coefficient (Wildman–Crippen LogP) is 1.17. The summed E-state index contributed by atoms with van der Waals surface area (Å²) in [6, 6.07) is 4.97. The summed E-state index contributed by atoms with van der Waals surface area (Å²) >= 11 is 0. The number of benzene rings is 1. The number of para-hydroxylation sites is 1. The summed E-state index contributed by atoms with van der Waals surface area (Å²) < 4.78 is 0. The average Bonchev–Trinajstić information content (AvgIpc) is 2.45. The summed E-state index contributed by atoms with van der Waals surface area (Å²) in [4.78, 5) is 24.2. The lowest BCUT2D eigenvalue weighted by Gasteiger charge is -2.23. The molecule has 114 valence electrons. The molecule has 1 aromatic rings. The number of rotatable bonds is 4. The average molecular weight is 290 g/mol. The van der Waals surface area contributed by atoms with Crippen molar-refractivity contribution in [3.05, 3.63) is 23.8 Å². The fraction of sp³-hybridized carbons (Fsp3) is 0.467. The molecule has 21 heavy (non-hydrogen) atoms. The van der Waals surface area contributed by atoms with Gasteiger partial charge in [0.25, 0.3) is 5.91 Å². The molecule has 0 bridgehead atoms. The van der Waals surface area contributed by atoms with Gasteiger partial charge in [-0.2, -0.15) is 0 Å². The van der Waals surface area contributed by atoms with Crippen LogP contribution in [0.5, 0.6) is 0 Å². The van der Waals surface area contributed by atoms with Crippen LogP contribution in [0.15, 0.2) is 18.2 Å². The number of carbonyl (C=O) groups is 2.